The van der Waals surface area contributed by atoms with E-state index in [0.29, 0.717) is 38.2 Å². The molecule has 0 amide bonds. The first kappa shape index (κ1) is 39.1. The fourth-order valence-corrected chi connectivity index (χ4v) is 13.9. The number of hydrogen-bond donors (Lipinski definition) is 1. The van der Waals surface area contributed by atoms with Crippen molar-refractivity contribution >= 4 is 20.3 Å². The molecule has 12 heteroatoms. The van der Waals surface area contributed by atoms with E-state index in [0.717, 1.165) is 42.4 Å². The Bertz CT molecular complexity index is 1550. The van der Waals surface area contributed by atoms with Gasteiger partial charge >= 0.3 is 11.9 Å². The molecule has 7 rings (SSSR count). The van der Waals surface area contributed by atoms with Crippen LogP contribution in [0.1, 0.15) is 85.0 Å². The molecule has 3 aliphatic carbocycles. The summed E-state index contributed by atoms with van der Waals surface area (Å²) in [6.45, 7) is 20.0. The van der Waals surface area contributed by atoms with Gasteiger partial charge < -0.3 is 38.0 Å². The normalized spacial score (nSPS) is 39.5. The lowest BCUT2D eigenvalue weighted by Gasteiger charge is -2.68. The predicted molar refractivity (Wildman–Crippen MR) is 200 cm³/mol. The van der Waals surface area contributed by atoms with Crippen LogP contribution in [0.3, 0.4) is 0 Å². The molecule has 2 saturated carbocycles. The molecule has 1 unspecified atom stereocenters. The maximum Gasteiger partial charge on any atom is 0.338 e. The van der Waals surface area contributed by atoms with Crippen LogP contribution in [-0.2, 0) is 37.6 Å². The lowest BCUT2D eigenvalue weighted by atomic mass is 9.45. The Hall–Kier alpha value is -2.16. The molecule has 3 heterocycles. The van der Waals surface area contributed by atoms with Gasteiger partial charge in [-0.1, -0.05) is 59.7 Å². The second kappa shape index (κ2) is 14.4. The minimum Gasteiger partial charge on any atom is -0.455 e. The number of morpholine rings is 1. The first-order valence-electron chi connectivity index (χ1n) is 20.0. The summed E-state index contributed by atoms with van der Waals surface area (Å²) in [4.78, 5) is 29.8. The molecule has 5 fully saturated rings. The summed E-state index contributed by atoms with van der Waals surface area (Å²) in [5, 5.41) is 13.9. The van der Waals surface area contributed by atoms with Gasteiger partial charge in [0.15, 0.2) is 20.2 Å². The zero-order valence-electron chi connectivity index (χ0n) is 33.0. The highest BCUT2D eigenvalue weighted by molar-refractivity contribution is 6.73. The second-order valence-corrected chi connectivity index (χ2v) is 21.9. The summed E-state index contributed by atoms with van der Waals surface area (Å²) < 4.78 is 46.7. The molecule has 6 aliphatic rings. The van der Waals surface area contributed by atoms with Crippen LogP contribution in [0.25, 0.3) is 0 Å². The van der Waals surface area contributed by atoms with Gasteiger partial charge in [0.2, 0.25) is 0 Å². The summed E-state index contributed by atoms with van der Waals surface area (Å²) >= 11 is 0. The minimum absolute atomic E-state index is 0.127. The van der Waals surface area contributed by atoms with Crippen molar-refractivity contribution in [2.45, 2.75) is 141 Å². The molecule has 0 radical (unpaired) electrons. The second-order valence-electron chi connectivity index (χ2n) is 17.2. The van der Waals surface area contributed by atoms with E-state index in [4.69, 9.17) is 32.8 Å². The average Bonchev–Trinajstić information content (AvgIpc) is 3.54. The van der Waals surface area contributed by atoms with E-state index in [1.165, 1.54) is 6.92 Å². The highest BCUT2D eigenvalue weighted by atomic mass is 28.4. The monoisotopic (exact) mass is 755 g/mol. The Labute approximate surface area is 316 Å². The third-order valence-corrected chi connectivity index (χ3v) is 19.0. The van der Waals surface area contributed by atoms with E-state index in [2.05, 4.69) is 39.5 Å². The number of benzene rings is 1. The van der Waals surface area contributed by atoms with Crippen LogP contribution in [0.4, 0.5) is 0 Å². The summed E-state index contributed by atoms with van der Waals surface area (Å²) in [7, 11) is -2.22. The Kier molecular flexibility index (Phi) is 10.6. The average molecular weight is 756 g/mol. The van der Waals surface area contributed by atoms with Crippen LogP contribution in [-0.4, -0.2) is 118 Å². The number of esters is 2. The molecule has 1 aromatic rings. The summed E-state index contributed by atoms with van der Waals surface area (Å²) in [5.74, 6) is -1.69. The van der Waals surface area contributed by atoms with E-state index in [9.17, 15) is 14.7 Å². The number of ether oxygens (including phenoxy) is 6. The summed E-state index contributed by atoms with van der Waals surface area (Å²) in [5.41, 5.74) is -2.20. The molecule has 294 valence electrons. The smallest absolute Gasteiger partial charge is 0.338 e. The molecule has 0 spiro atoms. The highest BCUT2D eigenvalue weighted by Crippen LogP contribution is 2.67. The largest absolute Gasteiger partial charge is 0.455 e. The van der Waals surface area contributed by atoms with E-state index < -0.39 is 85.0 Å². The van der Waals surface area contributed by atoms with Gasteiger partial charge in [-0.15, -0.1) is 0 Å². The van der Waals surface area contributed by atoms with E-state index in [-0.39, 0.29) is 13.0 Å². The van der Waals surface area contributed by atoms with Gasteiger partial charge in [-0.2, -0.15) is 0 Å². The molecule has 10 atom stereocenters. The first-order chi connectivity index (χ1) is 25.2. The van der Waals surface area contributed by atoms with Crippen LogP contribution in [0.2, 0.25) is 18.1 Å². The van der Waals surface area contributed by atoms with Crippen molar-refractivity contribution in [1.82, 2.24) is 4.90 Å². The van der Waals surface area contributed by atoms with Crippen molar-refractivity contribution in [3.63, 3.8) is 0 Å². The zero-order chi connectivity index (χ0) is 38.0. The maximum absolute atomic E-state index is 14.4. The SMILES string of the molecule is CC[Si](CC)(CC)O[C@H]1C[C@@]2(O)[C@@H](OC(=O)c3ccccc3)C3[C@@](C)(CC[C@H]4OC[C@@]34OC(C)=O)[C@@H]3O[C@H](CN4CCOCC4)O[C@@H]3C(=C1C)C2(C)C. The van der Waals surface area contributed by atoms with Gasteiger partial charge in [0, 0.05) is 43.8 Å². The van der Waals surface area contributed by atoms with E-state index in [1.807, 2.05) is 19.9 Å². The van der Waals surface area contributed by atoms with Crippen molar-refractivity contribution < 1.29 is 47.5 Å². The Morgan fingerprint density at radius 3 is 2.30 bits per heavy atom. The third kappa shape index (κ3) is 6.27. The molecule has 3 aliphatic heterocycles. The van der Waals surface area contributed by atoms with Crippen molar-refractivity contribution in [3.05, 3.63) is 47.0 Å². The van der Waals surface area contributed by atoms with Crippen molar-refractivity contribution in [2.24, 2.45) is 16.7 Å². The van der Waals surface area contributed by atoms with Gasteiger partial charge in [0.25, 0.3) is 0 Å². The van der Waals surface area contributed by atoms with E-state index >= 15 is 0 Å². The lowest BCUT2D eigenvalue weighted by Crippen LogP contribution is -2.79. The molecule has 1 aromatic carbocycles. The minimum atomic E-state index is -2.22. The molecule has 1 N–H and O–H groups in total. The van der Waals surface area contributed by atoms with Crippen molar-refractivity contribution in [2.75, 3.05) is 39.5 Å². The quantitative estimate of drug-likeness (QED) is 0.181. The lowest BCUT2D eigenvalue weighted by molar-refractivity contribution is -0.345. The van der Waals surface area contributed by atoms with Crippen LogP contribution < -0.4 is 0 Å². The van der Waals surface area contributed by atoms with Crippen LogP contribution in [0.15, 0.2) is 41.5 Å². The zero-order valence-corrected chi connectivity index (χ0v) is 34.0. The van der Waals surface area contributed by atoms with Crippen LogP contribution in [0.5, 0.6) is 0 Å². The number of fused-ring (bicyclic) bond motifs is 8. The molecule has 3 saturated heterocycles. The molecule has 0 aromatic heterocycles. The fourth-order valence-electron chi connectivity index (χ4n) is 11.1. The third-order valence-electron chi connectivity index (χ3n) is 14.4. The fraction of sp³-hybridized carbons (Fsp3) is 0.756. The number of nitrogens with zero attached hydrogens (tertiary/aromatic N) is 1. The van der Waals surface area contributed by atoms with Crippen molar-refractivity contribution in [1.29, 1.82) is 0 Å². The topological polar surface area (TPSA) is 122 Å². The summed E-state index contributed by atoms with van der Waals surface area (Å²) in [6.07, 6.45) is -2.13. The number of hydrogen-bond acceptors (Lipinski definition) is 11. The van der Waals surface area contributed by atoms with Crippen molar-refractivity contribution in [3.8, 4) is 0 Å². The molecule has 11 nitrogen and oxygen atoms in total. The van der Waals surface area contributed by atoms with Gasteiger partial charge in [0.1, 0.15) is 23.9 Å². The Morgan fingerprint density at radius 1 is 1.02 bits per heavy atom. The molecular weight excluding hydrogens is 695 g/mol. The van der Waals surface area contributed by atoms with Crippen LogP contribution >= 0.6 is 0 Å². The standard InChI is InChI=1S/C41H61NO10Si/c1-9-53(10-2,11-3)52-29-23-41(45)36(50-37(44)28-15-13-12-14-16-28)34-39(8,18-17-30-40(34,25-47-30)51-27(5)43)35-33(32(26(29)4)38(41,6)7)48-31(49-35)24-42-19-21-46-22-20-42/h12-16,29-31,33-36,45H,9-11,17-25H2,1-8H3/t29-,30+,31+,33+,34?,35+,36-,39+,40-,41+/m0/s1. The predicted octanol–water partition coefficient (Wildman–Crippen LogP) is 5.65. The summed E-state index contributed by atoms with van der Waals surface area (Å²) in [6, 6.07) is 11.7. The van der Waals surface area contributed by atoms with Gasteiger partial charge in [0.05, 0.1) is 43.5 Å². The Morgan fingerprint density at radius 2 is 1.70 bits per heavy atom. The maximum atomic E-state index is 14.4. The first-order valence-corrected chi connectivity index (χ1v) is 22.5. The molecular formula is C41H61NO10Si. The van der Waals surface area contributed by atoms with Crippen LogP contribution in [0, 0.1) is 16.7 Å². The Balaban J connectivity index is 1.45. The van der Waals surface area contributed by atoms with Gasteiger partial charge in [-0.25, -0.2) is 4.79 Å². The molecule has 53 heavy (non-hydrogen) atoms. The number of carbonyl (C=O) groups excluding carboxylic acids is 2. The highest BCUT2D eigenvalue weighted by Gasteiger charge is 2.77. The molecule has 2 bridgehead atoms. The number of carbonyl (C=O) groups is 2. The number of rotatable bonds is 10. The number of aliphatic hydroxyl groups is 1. The van der Waals surface area contributed by atoms with Gasteiger partial charge in [-0.3, -0.25) is 9.69 Å². The van der Waals surface area contributed by atoms with Gasteiger partial charge in [-0.05, 0) is 61.2 Å². The van der Waals surface area contributed by atoms with E-state index in [1.54, 1.807) is 24.3 Å².